The molecule has 0 aliphatic carbocycles. The van der Waals surface area contributed by atoms with E-state index in [0.717, 1.165) is 6.42 Å². The molecule has 0 atom stereocenters. The number of amides is 2. The Kier molecular flexibility index (Phi) is 7.07. The maximum atomic E-state index is 11.6. The quantitative estimate of drug-likeness (QED) is 0.758. The molecule has 0 aliphatic rings. The first kappa shape index (κ1) is 15.6. The molecule has 5 nitrogen and oxygen atoms in total. The Morgan fingerprint density at radius 1 is 1.37 bits per heavy atom. The van der Waals surface area contributed by atoms with Crippen molar-refractivity contribution >= 4 is 23.3 Å². The largest absolute Gasteiger partial charge is 0.487 e. The molecule has 1 aromatic carbocycles. The van der Waals surface area contributed by atoms with Crippen molar-refractivity contribution in [2.24, 2.45) is 0 Å². The zero-order chi connectivity index (χ0) is 14.1. The van der Waals surface area contributed by atoms with E-state index in [-0.39, 0.29) is 6.03 Å². The smallest absolute Gasteiger partial charge is 0.319 e. The number of rotatable bonds is 7. The number of hydrogen-bond acceptors (Lipinski definition) is 3. The Balaban J connectivity index is 2.70. The van der Waals surface area contributed by atoms with Crippen molar-refractivity contribution in [2.75, 3.05) is 32.2 Å². The van der Waals surface area contributed by atoms with Crippen LogP contribution in [0.25, 0.3) is 0 Å². The van der Waals surface area contributed by atoms with Gasteiger partial charge in [0.25, 0.3) is 0 Å². The van der Waals surface area contributed by atoms with Crippen LogP contribution in [0.5, 0.6) is 5.75 Å². The Labute approximate surface area is 118 Å². The molecule has 0 saturated carbocycles. The fourth-order valence-electron chi connectivity index (χ4n) is 1.39. The first-order chi connectivity index (χ1) is 9.19. The minimum atomic E-state index is -0.277. The molecule has 0 radical (unpaired) electrons. The normalized spacial score (nSPS) is 10.1. The topological polar surface area (TPSA) is 59.6 Å². The summed E-state index contributed by atoms with van der Waals surface area (Å²) in [5.41, 5.74) is 0.539. The molecule has 0 heterocycles. The molecule has 19 heavy (non-hydrogen) atoms. The number of ether oxygens (including phenoxy) is 2. The van der Waals surface area contributed by atoms with E-state index in [1.165, 1.54) is 0 Å². The number of carbonyl (C=O) groups is 1. The van der Waals surface area contributed by atoms with Gasteiger partial charge in [0.1, 0.15) is 6.61 Å². The molecule has 2 amide bonds. The molecular formula is C13H19ClN2O3. The van der Waals surface area contributed by atoms with E-state index in [1.807, 2.05) is 6.92 Å². The van der Waals surface area contributed by atoms with Gasteiger partial charge in [0.2, 0.25) is 0 Å². The third-order valence-electron chi connectivity index (χ3n) is 2.28. The van der Waals surface area contributed by atoms with Gasteiger partial charge >= 0.3 is 6.03 Å². The van der Waals surface area contributed by atoms with E-state index in [4.69, 9.17) is 21.1 Å². The Morgan fingerprint density at radius 2 is 2.16 bits per heavy atom. The van der Waals surface area contributed by atoms with Gasteiger partial charge in [0.15, 0.2) is 5.75 Å². The van der Waals surface area contributed by atoms with E-state index in [0.29, 0.717) is 36.2 Å². The van der Waals surface area contributed by atoms with Crippen molar-refractivity contribution in [3.8, 4) is 5.75 Å². The Bertz CT molecular complexity index is 413. The summed E-state index contributed by atoms with van der Waals surface area (Å²) in [5.74, 6) is 0.452. The minimum absolute atomic E-state index is 0.277. The highest BCUT2D eigenvalue weighted by molar-refractivity contribution is 6.32. The van der Waals surface area contributed by atoms with Crippen molar-refractivity contribution < 1.29 is 14.3 Å². The molecular weight excluding hydrogens is 268 g/mol. The second-order valence-electron chi connectivity index (χ2n) is 3.84. The van der Waals surface area contributed by atoms with E-state index in [2.05, 4.69) is 10.6 Å². The number of urea groups is 1. The molecule has 2 N–H and O–H groups in total. The van der Waals surface area contributed by atoms with Crippen LogP contribution >= 0.6 is 11.6 Å². The van der Waals surface area contributed by atoms with Crippen LogP contribution in [0, 0.1) is 0 Å². The van der Waals surface area contributed by atoms with Crippen molar-refractivity contribution in [3.63, 3.8) is 0 Å². The number of carbonyl (C=O) groups excluding carboxylic acids is 1. The Hall–Kier alpha value is -1.46. The van der Waals surface area contributed by atoms with Crippen LogP contribution in [0.1, 0.15) is 13.3 Å². The van der Waals surface area contributed by atoms with Crippen LogP contribution in [0.15, 0.2) is 18.2 Å². The van der Waals surface area contributed by atoms with Gasteiger partial charge in [-0.15, -0.1) is 0 Å². The number of nitrogens with one attached hydrogen (secondary N) is 2. The van der Waals surface area contributed by atoms with Crippen LogP contribution in [0.2, 0.25) is 5.02 Å². The molecule has 0 aromatic heterocycles. The monoisotopic (exact) mass is 286 g/mol. The molecule has 0 spiro atoms. The average Bonchev–Trinajstić information content (AvgIpc) is 2.39. The third kappa shape index (κ3) is 5.36. The SMILES string of the molecule is CCCNC(=O)Nc1cccc(Cl)c1OCCOC. The van der Waals surface area contributed by atoms with Crippen LogP contribution in [0.3, 0.4) is 0 Å². The standard InChI is InChI=1S/C13H19ClN2O3/c1-3-7-15-13(17)16-11-6-4-5-10(14)12(11)19-9-8-18-2/h4-6H,3,7-9H2,1-2H3,(H2,15,16,17). The second-order valence-corrected chi connectivity index (χ2v) is 4.25. The maximum absolute atomic E-state index is 11.6. The fourth-order valence-corrected chi connectivity index (χ4v) is 1.62. The van der Waals surface area contributed by atoms with Gasteiger partial charge < -0.3 is 20.1 Å². The molecule has 6 heteroatoms. The summed E-state index contributed by atoms with van der Waals surface area (Å²) >= 11 is 6.06. The highest BCUT2D eigenvalue weighted by atomic mass is 35.5. The van der Waals surface area contributed by atoms with E-state index in [1.54, 1.807) is 25.3 Å². The number of hydrogen-bond donors (Lipinski definition) is 2. The summed E-state index contributed by atoms with van der Waals surface area (Å²) in [6.07, 6.45) is 0.875. The van der Waals surface area contributed by atoms with Crippen LogP contribution in [-0.4, -0.2) is 32.9 Å². The predicted octanol–water partition coefficient (Wildman–Crippen LogP) is 2.90. The lowest BCUT2D eigenvalue weighted by Gasteiger charge is -2.14. The molecule has 0 aliphatic heterocycles. The highest BCUT2D eigenvalue weighted by Gasteiger charge is 2.10. The van der Waals surface area contributed by atoms with Crippen molar-refractivity contribution in [1.29, 1.82) is 0 Å². The minimum Gasteiger partial charge on any atom is -0.487 e. The predicted molar refractivity (Wildman–Crippen MR) is 76.1 cm³/mol. The lowest BCUT2D eigenvalue weighted by Crippen LogP contribution is -2.29. The third-order valence-corrected chi connectivity index (χ3v) is 2.58. The van der Waals surface area contributed by atoms with Crippen LogP contribution < -0.4 is 15.4 Å². The van der Waals surface area contributed by atoms with Gasteiger partial charge in [-0.25, -0.2) is 4.79 Å². The second kappa shape index (κ2) is 8.61. The van der Waals surface area contributed by atoms with Gasteiger partial charge in [-0.3, -0.25) is 0 Å². The summed E-state index contributed by atoms with van der Waals surface area (Å²) in [6.45, 7) is 3.42. The zero-order valence-electron chi connectivity index (χ0n) is 11.2. The van der Waals surface area contributed by atoms with Crippen LogP contribution in [0.4, 0.5) is 10.5 Å². The fraction of sp³-hybridized carbons (Fsp3) is 0.462. The summed E-state index contributed by atoms with van der Waals surface area (Å²) in [6, 6.07) is 4.92. The van der Waals surface area contributed by atoms with Crippen molar-refractivity contribution in [2.45, 2.75) is 13.3 Å². The van der Waals surface area contributed by atoms with E-state index >= 15 is 0 Å². The number of methoxy groups -OCH3 is 1. The van der Waals surface area contributed by atoms with Gasteiger partial charge in [-0.2, -0.15) is 0 Å². The maximum Gasteiger partial charge on any atom is 0.319 e. The first-order valence-electron chi connectivity index (χ1n) is 6.14. The molecule has 0 unspecified atom stereocenters. The van der Waals surface area contributed by atoms with E-state index < -0.39 is 0 Å². The van der Waals surface area contributed by atoms with Crippen molar-refractivity contribution in [3.05, 3.63) is 23.2 Å². The van der Waals surface area contributed by atoms with Gasteiger partial charge in [0.05, 0.1) is 17.3 Å². The first-order valence-corrected chi connectivity index (χ1v) is 6.52. The molecule has 1 rings (SSSR count). The summed E-state index contributed by atoms with van der Waals surface area (Å²) in [7, 11) is 1.59. The number of halogens is 1. The molecule has 0 bridgehead atoms. The van der Waals surface area contributed by atoms with Gasteiger partial charge in [-0.1, -0.05) is 24.6 Å². The molecule has 0 fully saturated rings. The van der Waals surface area contributed by atoms with Gasteiger partial charge in [0, 0.05) is 13.7 Å². The lowest BCUT2D eigenvalue weighted by molar-refractivity contribution is 0.146. The zero-order valence-corrected chi connectivity index (χ0v) is 11.9. The summed E-state index contributed by atoms with van der Waals surface area (Å²) in [4.78, 5) is 11.6. The average molecular weight is 287 g/mol. The lowest BCUT2D eigenvalue weighted by atomic mass is 10.3. The number of benzene rings is 1. The summed E-state index contributed by atoms with van der Waals surface area (Å²) < 4.78 is 10.4. The van der Waals surface area contributed by atoms with Crippen LogP contribution in [-0.2, 0) is 4.74 Å². The molecule has 1 aromatic rings. The highest BCUT2D eigenvalue weighted by Crippen LogP contribution is 2.32. The Morgan fingerprint density at radius 3 is 2.84 bits per heavy atom. The molecule has 0 saturated heterocycles. The number of anilines is 1. The number of para-hydroxylation sites is 1. The molecule has 106 valence electrons. The van der Waals surface area contributed by atoms with Gasteiger partial charge in [-0.05, 0) is 18.6 Å². The summed E-state index contributed by atoms with van der Waals surface area (Å²) in [5, 5.41) is 5.88. The van der Waals surface area contributed by atoms with Crippen molar-refractivity contribution in [1.82, 2.24) is 5.32 Å². The van der Waals surface area contributed by atoms with E-state index in [9.17, 15) is 4.79 Å².